The van der Waals surface area contributed by atoms with Crippen molar-refractivity contribution >= 4 is 0 Å². The van der Waals surface area contributed by atoms with Crippen molar-refractivity contribution in [3.8, 4) is 0 Å². The summed E-state index contributed by atoms with van der Waals surface area (Å²) in [5.74, 6) is 0. The van der Waals surface area contributed by atoms with Crippen molar-refractivity contribution in [3.63, 3.8) is 0 Å². The molecule has 0 fully saturated rings. The second-order valence-electron chi connectivity index (χ2n) is 4.33. The third kappa shape index (κ3) is 9.94. The molecule has 0 amide bonds. The van der Waals surface area contributed by atoms with Gasteiger partial charge in [0.25, 0.3) is 0 Å². The van der Waals surface area contributed by atoms with Crippen molar-refractivity contribution in [2.24, 2.45) is 0 Å². The van der Waals surface area contributed by atoms with E-state index < -0.39 is 0 Å². The maximum Gasteiger partial charge on any atom is 0.0434 e. The summed E-state index contributed by atoms with van der Waals surface area (Å²) in [6.45, 7) is 4.81. The molecule has 0 aliphatic rings. The summed E-state index contributed by atoms with van der Waals surface area (Å²) >= 11 is 0. The van der Waals surface area contributed by atoms with Crippen molar-refractivity contribution in [2.75, 3.05) is 13.2 Å². The molecule has 2 heteroatoms. The predicted molar refractivity (Wildman–Crippen MR) is 69.4 cm³/mol. The average Bonchev–Trinajstić information content (AvgIpc) is 2.29. The normalized spacial score (nSPS) is 13.2. The third-order valence-electron chi connectivity index (χ3n) is 2.61. The third-order valence-corrected chi connectivity index (χ3v) is 2.61. The van der Waals surface area contributed by atoms with Crippen LogP contribution in [0.25, 0.3) is 0 Å². The van der Waals surface area contributed by atoms with E-state index in [9.17, 15) is 0 Å². The lowest BCUT2D eigenvalue weighted by Gasteiger charge is -2.00. The Morgan fingerprint density at radius 1 is 0.812 bits per heavy atom. The maximum atomic E-state index is 8.68. The first-order chi connectivity index (χ1) is 7.70. The fourth-order valence-corrected chi connectivity index (χ4v) is 1.58. The highest BCUT2D eigenvalue weighted by Gasteiger charge is 1.91. The van der Waals surface area contributed by atoms with Crippen LogP contribution in [-0.4, -0.2) is 23.4 Å². The Hall–Kier alpha value is -0.600. The molecule has 0 bridgehead atoms. The molecule has 16 heavy (non-hydrogen) atoms. The van der Waals surface area contributed by atoms with E-state index in [1.54, 1.807) is 0 Å². The van der Waals surface area contributed by atoms with Gasteiger partial charge in [-0.25, -0.2) is 0 Å². The monoisotopic (exact) mass is 226 g/mol. The van der Waals surface area contributed by atoms with E-state index >= 15 is 0 Å². The Labute approximate surface area is 99.7 Å². The first kappa shape index (κ1) is 15.4. The van der Waals surface area contributed by atoms with E-state index in [0.717, 1.165) is 38.5 Å². The molecule has 2 nitrogen and oxygen atoms in total. The topological polar surface area (TPSA) is 40.5 Å². The fraction of sp³-hybridized carbons (Fsp3) is 0.714. The zero-order valence-corrected chi connectivity index (χ0v) is 10.7. The molecule has 0 aromatic carbocycles. The first-order valence-electron chi connectivity index (χ1n) is 6.23. The molecule has 0 saturated heterocycles. The molecule has 0 spiro atoms. The second kappa shape index (κ2) is 10.9. The molecule has 94 valence electrons. The second-order valence-corrected chi connectivity index (χ2v) is 4.33. The number of unbranched alkanes of at least 4 members (excludes halogenated alkanes) is 1. The SMILES string of the molecule is C/C(=C\CC/C=C(\C)CCCO)CCCO. The van der Waals surface area contributed by atoms with Gasteiger partial charge >= 0.3 is 0 Å². The summed E-state index contributed by atoms with van der Waals surface area (Å²) in [6.07, 6.45) is 10.4. The number of hydrogen-bond acceptors (Lipinski definition) is 2. The van der Waals surface area contributed by atoms with Gasteiger partial charge in [-0.1, -0.05) is 23.3 Å². The average molecular weight is 226 g/mol. The summed E-state index contributed by atoms with van der Waals surface area (Å²) in [5.41, 5.74) is 2.74. The molecular formula is C14H26O2. The lowest BCUT2D eigenvalue weighted by molar-refractivity contribution is 0.288. The van der Waals surface area contributed by atoms with Crippen molar-refractivity contribution < 1.29 is 10.2 Å². The minimum absolute atomic E-state index is 0.283. The smallest absolute Gasteiger partial charge is 0.0434 e. The lowest BCUT2D eigenvalue weighted by Crippen LogP contribution is -1.85. The number of rotatable bonds is 9. The van der Waals surface area contributed by atoms with Crippen molar-refractivity contribution in [1.82, 2.24) is 0 Å². The Balaban J connectivity index is 3.63. The molecule has 0 heterocycles. The molecule has 0 radical (unpaired) electrons. The van der Waals surface area contributed by atoms with E-state index in [4.69, 9.17) is 10.2 Å². The molecular weight excluding hydrogens is 200 g/mol. The fourth-order valence-electron chi connectivity index (χ4n) is 1.58. The maximum absolute atomic E-state index is 8.68. The van der Waals surface area contributed by atoms with Gasteiger partial charge < -0.3 is 10.2 Å². The summed E-state index contributed by atoms with van der Waals surface area (Å²) in [5, 5.41) is 17.4. The van der Waals surface area contributed by atoms with Gasteiger partial charge in [-0.3, -0.25) is 0 Å². The molecule has 2 N–H and O–H groups in total. The molecule has 0 aromatic rings. The van der Waals surface area contributed by atoms with Gasteiger partial charge in [0, 0.05) is 13.2 Å². The zero-order chi connectivity index (χ0) is 12.2. The quantitative estimate of drug-likeness (QED) is 0.468. The van der Waals surface area contributed by atoms with Crippen LogP contribution in [0.3, 0.4) is 0 Å². The Morgan fingerprint density at radius 2 is 1.19 bits per heavy atom. The summed E-state index contributed by atoms with van der Waals surface area (Å²) < 4.78 is 0. The first-order valence-corrected chi connectivity index (χ1v) is 6.23. The van der Waals surface area contributed by atoms with Gasteiger partial charge in [0.15, 0.2) is 0 Å². The van der Waals surface area contributed by atoms with Crippen molar-refractivity contribution in [2.45, 2.75) is 52.4 Å². The van der Waals surface area contributed by atoms with Crippen LogP contribution in [0.4, 0.5) is 0 Å². The van der Waals surface area contributed by atoms with Crippen LogP contribution in [0.1, 0.15) is 52.4 Å². The van der Waals surface area contributed by atoms with Gasteiger partial charge in [0.05, 0.1) is 0 Å². The number of hydrogen-bond donors (Lipinski definition) is 2. The van der Waals surface area contributed by atoms with E-state index in [0.29, 0.717) is 0 Å². The molecule has 0 aromatic heterocycles. The van der Waals surface area contributed by atoms with Crippen LogP contribution < -0.4 is 0 Å². The van der Waals surface area contributed by atoms with E-state index in [1.807, 2.05) is 0 Å². The highest BCUT2D eigenvalue weighted by molar-refractivity contribution is 5.02. The Bertz CT molecular complexity index is 193. The number of aliphatic hydroxyl groups is 2. The highest BCUT2D eigenvalue weighted by atomic mass is 16.3. The molecule has 0 atom stereocenters. The van der Waals surface area contributed by atoms with Crippen LogP contribution in [0.5, 0.6) is 0 Å². The van der Waals surface area contributed by atoms with E-state index in [-0.39, 0.29) is 13.2 Å². The van der Waals surface area contributed by atoms with E-state index in [2.05, 4.69) is 26.0 Å². The molecule has 0 unspecified atom stereocenters. The number of allylic oxidation sites excluding steroid dienone is 4. The molecule has 0 aliphatic heterocycles. The van der Waals surface area contributed by atoms with Gasteiger partial charge in [-0.05, 0) is 52.4 Å². The van der Waals surface area contributed by atoms with Crippen molar-refractivity contribution in [1.29, 1.82) is 0 Å². The number of aliphatic hydroxyl groups excluding tert-OH is 2. The summed E-state index contributed by atoms with van der Waals surface area (Å²) in [6, 6.07) is 0. The molecule has 0 aliphatic carbocycles. The van der Waals surface area contributed by atoms with Crippen LogP contribution in [0, 0.1) is 0 Å². The van der Waals surface area contributed by atoms with E-state index in [1.165, 1.54) is 11.1 Å². The van der Waals surface area contributed by atoms with Gasteiger partial charge in [-0.15, -0.1) is 0 Å². The lowest BCUT2D eigenvalue weighted by atomic mass is 10.1. The Kier molecular flexibility index (Phi) is 10.5. The minimum atomic E-state index is 0.283. The Morgan fingerprint density at radius 3 is 1.50 bits per heavy atom. The predicted octanol–water partition coefficient (Wildman–Crippen LogP) is 3.20. The van der Waals surface area contributed by atoms with Gasteiger partial charge in [0.2, 0.25) is 0 Å². The van der Waals surface area contributed by atoms with Gasteiger partial charge in [0.1, 0.15) is 0 Å². The van der Waals surface area contributed by atoms with Crippen LogP contribution in [0.2, 0.25) is 0 Å². The van der Waals surface area contributed by atoms with Gasteiger partial charge in [-0.2, -0.15) is 0 Å². The summed E-state index contributed by atoms with van der Waals surface area (Å²) in [7, 11) is 0. The van der Waals surface area contributed by atoms with Crippen LogP contribution in [-0.2, 0) is 0 Å². The van der Waals surface area contributed by atoms with Crippen LogP contribution in [0.15, 0.2) is 23.3 Å². The highest BCUT2D eigenvalue weighted by Crippen LogP contribution is 2.09. The summed E-state index contributed by atoms with van der Waals surface area (Å²) in [4.78, 5) is 0. The minimum Gasteiger partial charge on any atom is -0.396 e. The standard InChI is InChI=1S/C14H26O2/c1-13(9-5-11-15)7-3-4-8-14(2)10-6-12-16/h7-8,15-16H,3-6,9-12H2,1-2H3/b13-7+,14-8+. The van der Waals surface area contributed by atoms with Crippen LogP contribution >= 0.6 is 0 Å². The molecule has 0 saturated carbocycles. The van der Waals surface area contributed by atoms with Crippen molar-refractivity contribution in [3.05, 3.63) is 23.3 Å². The molecule has 0 rings (SSSR count). The zero-order valence-electron chi connectivity index (χ0n) is 10.7. The largest absolute Gasteiger partial charge is 0.396 e.